The highest BCUT2D eigenvalue weighted by atomic mass is 15.3. The predicted molar refractivity (Wildman–Crippen MR) is 115 cm³/mol. The molecule has 0 saturated heterocycles. The number of benzene rings is 3. The van der Waals surface area contributed by atoms with Gasteiger partial charge in [-0.05, 0) is 60.7 Å². The zero-order chi connectivity index (χ0) is 19.0. The van der Waals surface area contributed by atoms with Gasteiger partial charge >= 0.3 is 0 Å². The maximum absolute atomic E-state index is 5.18. The average Bonchev–Trinajstić information content (AvgIpc) is 3.23. The van der Waals surface area contributed by atoms with E-state index in [2.05, 4.69) is 63.2 Å². The molecule has 3 heteroatoms. The standard InChI is InChI=1S/C25H19N3/c1-14-13-20-18-11-7-8-12-19(18)22-21-16(3)27-28(17-9-5-4-6-10-17)25(21)26-24(15(14)2)23(20)22/h4-13H,1-3H3. The lowest BCUT2D eigenvalue weighted by atomic mass is 9.98. The molecule has 0 radical (unpaired) electrons. The molecule has 0 N–H and O–H groups in total. The third-order valence-corrected chi connectivity index (χ3v) is 6.05. The Morgan fingerprint density at radius 3 is 2.25 bits per heavy atom. The Labute approximate surface area is 163 Å². The summed E-state index contributed by atoms with van der Waals surface area (Å²) in [6.45, 7) is 6.45. The highest BCUT2D eigenvalue weighted by Crippen LogP contribution is 2.51. The van der Waals surface area contributed by atoms with Gasteiger partial charge in [-0.1, -0.05) is 48.5 Å². The molecule has 2 heterocycles. The van der Waals surface area contributed by atoms with Gasteiger partial charge in [0.1, 0.15) is 0 Å². The monoisotopic (exact) mass is 361 g/mol. The fourth-order valence-corrected chi connectivity index (χ4v) is 4.60. The van der Waals surface area contributed by atoms with Crippen LogP contribution >= 0.6 is 0 Å². The van der Waals surface area contributed by atoms with Crippen LogP contribution < -0.4 is 0 Å². The summed E-state index contributed by atoms with van der Waals surface area (Å²) in [5.74, 6) is 0. The number of nitrogens with zero attached hydrogens (tertiary/aromatic N) is 3. The highest BCUT2D eigenvalue weighted by molar-refractivity contribution is 6.22. The van der Waals surface area contributed by atoms with Gasteiger partial charge in [-0.15, -0.1) is 0 Å². The molecule has 5 aromatic rings. The Hall–Kier alpha value is -3.46. The first-order valence-corrected chi connectivity index (χ1v) is 9.63. The molecule has 0 spiro atoms. The Balaban J connectivity index is 1.88. The van der Waals surface area contributed by atoms with Crippen molar-refractivity contribution in [3.63, 3.8) is 0 Å². The number of fused-ring (bicyclic) bond motifs is 5. The maximum Gasteiger partial charge on any atom is 0.164 e. The smallest absolute Gasteiger partial charge is 0.164 e. The number of hydrogen-bond acceptors (Lipinski definition) is 2. The van der Waals surface area contributed by atoms with Crippen molar-refractivity contribution >= 4 is 21.9 Å². The van der Waals surface area contributed by atoms with Crippen molar-refractivity contribution in [3.05, 3.63) is 77.5 Å². The van der Waals surface area contributed by atoms with Crippen LogP contribution in [0.3, 0.4) is 0 Å². The van der Waals surface area contributed by atoms with Crippen LogP contribution in [0.15, 0.2) is 60.7 Å². The summed E-state index contributed by atoms with van der Waals surface area (Å²) < 4.78 is 1.99. The van der Waals surface area contributed by atoms with Crippen molar-refractivity contribution in [1.82, 2.24) is 14.8 Å². The van der Waals surface area contributed by atoms with E-state index < -0.39 is 0 Å². The Morgan fingerprint density at radius 1 is 0.750 bits per heavy atom. The zero-order valence-corrected chi connectivity index (χ0v) is 16.1. The van der Waals surface area contributed by atoms with Gasteiger partial charge in [-0.3, -0.25) is 0 Å². The van der Waals surface area contributed by atoms with Gasteiger partial charge in [0.2, 0.25) is 0 Å². The second-order valence-electron chi connectivity index (χ2n) is 7.65. The first-order valence-electron chi connectivity index (χ1n) is 9.63. The second kappa shape index (κ2) is 5.29. The zero-order valence-electron chi connectivity index (χ0n) is 16.1. The van der Waals surface area contributed by atoms with Crippen molar-refractivity contribution in [3.8, 4) is 27.9 Å². The maximum atomic E-state index is 5.18. The molecule has 0 unspecified atom stereocenters. The van der Waals surface area contributed by atoms with E-state index in [-0.39, 0.29) is 0 Å². The lowest BCUT2D eigenvalue weighted by molar-refractivity contribution is 0.879. The molecule has 0 aliphatic heterocycles. The van der Waals surface area contributed by atoms with Crippen LogP contribution in [0.5, 0.6) is 0 Å². The van der Waals surface area contributed by atoms with E-state index in [9.17, 15) is 0 Å². The van der Waals surface area contributed by atoms with Gasteiger partial charge in [0.15, 0.2) is 5.65 Å². The number of rotatable bonds is 1. The molecule has 134 valence electrons. The largest absolute Gasteiger partial charge is 0.228 e. The molecule has 0 bridgehead atoms. The molecule has 1 aliphatic rings. The summed E-state index contributed by atoms with van der Waals surface area (Å²) in [5, 5.41) is 7.32. The van der Waals surface area contributed by atoms with Gasteiger partial charge in [0.05, 0.1) is 22.3 Å². The lowest BCUT2D eigenvalue weighted by Crippen LogP contribution is -1.98. The minimum atomic E-state index is 0.933. The third kappa shape index (κ3) is 1.83. The van der Waals surface area contributed by atoms with E-state index in [0.29, 0.717) is 0 Å². The number of aromatic nitrogens is 3. The van der Waals surface area contributed by atoms with Crippen LogP contribution in [0, 0.1) is 20.8 Å². The number of aryl methyl sites for hydroxylation is 3. The van der Waals surface area contributed by atoms with Gasteiger partial charge in [-0.25, -0.2) is 9.67 Å². The molecule has 1 aliphatic carbocycles. The molecule has 0 atom stereocenters. The molecular formula is C25H19N3. The fraction of sp³-hybridized carbons (Fsp3) is 0.120. The lowest BCUT2D eigenvalue weighted by Gasteiger charge is -2.10. The molecule has 0 fully saturated rings. The first kappa shape index (κ1) is 15.6. The Morgan fingerprint density at radius 2 is 1.46 bits per heavy atom. The first-order chi connectivity index (χ1) is 13.6. The number of hydrogen-bond donors (Lipinski definition) is 0. The van der Waals surface area contributed by atoms with Gasteiger partial charge < -0.3 is 0 Å². The summed E-state index contributed by atoms with van der Waals surface area (Å²) >= 11 is 0. The molecule has 0 saturated carbocycles. The summed E-state index contributed by atoms with van der Waals surface area (Å²) in [4.78, 5) is 5.18. The molecule has 3 aromatic carbocycles. The highest BCUT2D eigenvalue weighted by Gasteiger charge is 2.28. The summed E-state index contributed by atoms with van der Waals surface area (Å²) in [6.07, 6.45) is 0. The van der Waals surface area contributed by atoms with Gasteiger partial charge in [0, 0.05) is 10.9 Å². The van der Waals surface area contributed by atoms with E-state index in [1.165, 1.54) is 38.8 Å². The number of pyridine rings is 1. The van der Waals surface area contributed by atoms with E-state index >= 15 is 0 Å². The van der Waals surface area contributed by atoms with Crippen LogP contribution in [-0.2, 0) is 0 Å². The summed E-state index contributed by atoms with van der Waals surface area (Å²) in [7, 11) is 0. The Bertz CT molecular complexity index is 1430. The quantitative estimate of drug-likeness (QED) is 0.352. The van der Waals surface area contributed by atoms with Gasteiger partial charge in [-0.2, -0.15) is 5.10 Å². The van der Waals surface area contributed by atoms with Crippen molar-refractivity contribution in [2.45, 2.75) is 20.8 Å². The van der Waals surface area contributed by atoms with Crippen LogP contribution in [0.1, 0.15) is 16.8 Å². The van der Waals surface area contributed by atoms with Crippen LogP contribution in [0.25, 0.3) is 49.9 Å². The van der Waals surface area contributed by atoms with Crippen molar-refractivity contribution in [2.24, 2.45) is 0 Å². The minimum Gasteiger partial charge on any atom is -0.228 e. The van der Waals surface area contributed by atoms with Crippen LogP contribution in [0.2, 0.25) is 0 Å². The molecule has 6 rings (SSSR count). The van der Waals surface area contributed by atoms with E-state index in [0.717, 1.165) is 27.9 Å². The van der Waals surface area contributed by atoms with E-state index in [4.69, 9.17) is 10.1 Å². The third-order valence-electron chi connectivity index (χ3n) is 6.05. The molecule has 3 nitrogen and oxygen atoms in total. The van der Waals surface area contributed by atoms with Crippen molar-refractivity contribution in [2.75, 3.05) is 0 Å². The second-order valence-corrected chi connectivity index (χ2v) is 7.65. The van der Waals surface area contributed by atoms with E-state index in [1.807, 2.05) is 22.9 Å². The van der Waals surface area contributed by atoms with Crippen molar-refractivity contribution < 1.29 is 0 Å². The van der Waals surface area contributed by atoms with Crippen LogP contribution in [0.4, 0.5) is 0 Å². The number of para-hydroxylation sites is 1. The van der Waals surface area contributed by atoms with E-state index in [1.54, 1.807) is 0 Å². The fourth-order valence-electron chi connectivity index (χ4n) is 4.60. The minimum absolute atomic E-state index is 0.933. The molecular weight excluding hydrogens is 342 g/mol. The Kier molecular flexibility index (Phi) is 2.95. The SMILES string of the molecule is Cc1cc2c3c(c4c(C)nn(-c5ccccc5)c4nc3c1C)-c1ccccc1-2. The predicted octanol–water partition coefficient (Wildman–Crippen LogP) is 6.15. The summed E-state index contributed by atoms with van der Waals surface area (Å²) in [5.41, 5.74) is 11.8. The molecule has 2 aromatic heterocycles. The van der Waals surface area contributed by atoms with Crippen molar-refractivity contribution in [1.29, 1.82) is 0 Å². The average molecular weight is 361 g/mol. The summed E-state index contributed by atoms with van der Waals surface area (Å²) in [6, 6.07) is 21.3. The topological polar surface area (TPSA) is 30.7 Å². The molecule has 0 amide bonds. The van der Waals surface area contributed by atoms with Crippen LogP contribution in [-0.4, -0.2) is 14.8 Å². The van der Waals surface area contributed by atoms with Gasteiger partial charge in [0.25, 0.3) is 0 Å². The normalized spacial score (nSPS) is 12.1. The molecule has 28 heavy (non-hydrogen) atoms.